The maximum absolute atomic E-state index is 13.3. The minimum Gasteiger partial charge on any atom is -0.494 e. The Kier molecular flexibility index (Phi) is 8.39. The second-order valence-corrected chi connectivity index (χ2v) is 8.04. The molecule has 0 aliphatic carbocycles. The van der Waals surface area contributed by atoms with Crippen LogP contribution in [0.5, 0.6) is 11.5 Å². The zero-order valence-corrected chi connectivity index (χ0v) is 20.2. The Balaban J connectivity index is 1.86. The molecule has 0 aliphatic heterocycles. The van der Waals surface area contributed by atoms with Crippen LogP contribution < -0.4 is 14.8 Å². The summed E-state index contributed by atoms with van der Waals surface area (Å²) in [6.45, 7) is 1.31. The Bertz CT molecular complexity index is 1230. The number of amides is 2. The van der Waals surface area contributed by atoms with E-state index in [2.05, 4.69) is 9.97 Å². The van der Waals surface area contributed by atoms with Crippen LogP contribution in [0.3, 0.4) is 0 Å². The molecule has 0 radical (unpaired) electrons. The lowest BCUT2D eigenvalue weighted by Gasteiger charge is -2.27. The van der Waals surface area contributed by atoms with Gasteiger partial charge in [0.05, 0.1) is 32.7 Å². The molecule has 3 aromatic heterocycles. The van der Waals surface area contributed by atoms with Gasteiger partial charge in [0.25, 0.3) is 0 Å². The molecule has 37 heavy (non-hydrogen) atoms. The van der Waals surface area contributed by atoms with E-state index in [0.717, 1.165) is 4.90 Å². The molecule has 0 saturated heterocycles. The van der Waals surface area contributed by atoms with Gasteiger partial charge in [-0.2, -0.15) is 26.3 Å². The van der Waals surface area contributed by atoms with Gasteiger partial charge >= 0.3 is 18.4 Å². The van der Waals surface area contributed by atoms with Gasteiger partial charge < -0.3 is 24.1 Å². The van der Waals surface area contributed by atoms with Crippen molar-refractivity contribution in [2.24, 2.45) is 0 Å². The molecule has 1 unspecified atom stereocenters. The average molecular weight is 533 g/mol. The van der Waals surface area contributed by atoms with Gasteiger partial charge in [0.15, 0.2) is 11.4 Å². The summed E-state index contributed by atoms with van der Waals surface area (Å²) >= 11 is 0. The predicted octanol–water partition coefficient (Wildman–Crippen LogP) is 5.22. The van der Waals surface area contributed by atoms with Crippen LogP contribution in [-0.2, 0) is 6.54 Å². The first kappa shape index (κ1) is 27.9. The fraction of sp³-hybridized carbons (Fsp3) is 0.435. The predicted molar refractivity (Wildman–Crippen MR) is 121 cm³/mol. The van der Waals surface area contributed by atoms with E-state index in [1.165, 1.54) is 27.3 Å². The molecule has 2 amide bonds. The van der Waals surface area contributed by atoms with Crippen LogP contribution in [0, 0.1) is 0 Å². The summed E-state index contributed by atoms with van der Waals surface area (Å²) in [6.07, 6.45) is -6.35. The Hall–Kier alpha value is -3.71. The Morgan fingerprint density at radius 1 is 1.11 bits per heavy atom. The van der Waals surface area contributed by atoms with Gasteiger partial charge in [-0.15, -0.1) is 0 Å². The first-order chi connectivity index (χ1) is 17.4. The molecule has 0 spiro atoms. The zero-order valence-electron chi connectivity index (χ0n) is 20.2. The molecule has 0 saturated carbocycles. The topological polar surface area (TPSA) is 81.0 Å². The van der Waals surface area contributed by atoms with E-state index in [9.17, 15) is 31.1 Å². The summed E-state index contributed by atoms with van der Waals surface area (Å²) in [5, 5.41) is 1.68. The molecule has 3 aromatic rings. The lowest BCUT2D eigenvalue weighted by Crippen LogP contribution is -2.50. The Morgan fingerprint density at radius 2 is 1.81 bits per heavy atom. The molecule has 14 heteroatoms. The third-order valence-electron chi connectivity index (χ3n) is 5.56. The van der Waals surface area contributed by atoms with E-state index < -0.39 is 37.3 Å². The lowest BCUT2D eigenvalue weighted by molar-refractivity contribution is -0.171. The molecule has 0 aromatic carbocycles. The number of pyridine rings is 2. The SMILES string of the molecule is CCN(Cc1cc(-c2cc(OC)c3nccn3c2)c(OC)cn1)C(=O)NC(CCC(F)(F)F)C(F)(F)F. The van der Waals surface area contributed by atoms with E-state index >= 15 is 0 Å². The lowest BCUT2D eigenvalue weighted by atomic mass is 10.1. The number of fused-ring (bicyclic) bond motifs is 1. The van der Waals surface area contributed by atoms with E-state index in [1.807, 2.05) is 0 Å². The normalized spacial score (nSPS) is 12.9. The van der Waals surface area contributed by atoms with Crippen LogP contribution in [0.15, 0.2) is 36.9 Å². The number of urea groups is 1. The van der Waals surface area contributed by atoms with Crippen molar-refractivity contribution >= 4 is 11.7 Å². The van der Waals surface area contributed by atoms with Crippen molar-refractivity contribution in [3.8, 4) is 22.6 Å². The van der Waals surface area contributed by atoms with E-state index in [1.54, 1.807) is 40.4 Å². The second kappa shape index (κ2) is 11.1. The summed E-state index contributed by atoms with van der Waals surface area (Å²) in [5.41, 5.74) is 2.12. The van der Waals surface area contributed by atoms with Crippen molar-refractivity contribution in [2.75, 3.05) is 20.8 Å². The summed E-state index contributed by atoms with van der Waals surface area (Å²) in [7, 11) is 2.93. The summed E-state index contributed by atoms with van der Waals surface area (Å²) in [6, 6.07) is -0.475. The molecule has 0 aliphatic rings. The molecular weight excluding hydrogens is 508 g/mol. The fourth-order valence-electron chi connectivity index (χ4n) is 3.65. The monoisotopic (exact) mass is 533 g/mol. The van der Waals surface area contributed by atoms with Gasteiger partial charge in [-0.25, -0.2) is 9.78 Å². The number of alkyl halides is 6. The fourth-order valence-corrected chi connectivity index (χ4v) is 3.65. The largest absolute Gasteiger partial charge is 0.494 e. The first-order valence-corrected chi connectivity index (χ1v) is 11.1. The van der Waals surface area contributed by atoms with Crippen molar-refractivity contribution in [1.82, 2.24) is 24.6 Å². The smallest absolute Gasteiger partial charge is 0.408 e. The number of nitrogens with zero attached hydrogens (tertiary/aromatic N) is 4. The minimum atomic E-state index is -5.04. The quantitative estimate of drug-likeness (QED) is 0.382. The molecule has 1 atom stereocenters. The molecule has 3 heterocycles. The third kappa shape index (κ3) is 6.95. The highest BCUT2D eigenvalue weighted by Gasteiger charge is 2.43. The van der Waals surface area contributed by atoms with Crippen molar-refractivity contribution in [3.63, 3.8) is 0 Å². The van der Waals surface area contributed by atoms with Gasteiger partial charge in [0.2, 0.25) is 0 Å². The van der Waals surface area contributed by atoms with Crippen molar-refractivity contribution in [2.45, 2.75) is 44.7 Å². The van der Waals surface area contributed by atoms with E-state index in [-0.39, 0.29) is 13.1 Å². The highest BCUT2D eigenvalue weighted by molar-refractivity contribution is 5.76. The molecule has 3 rings (SSSR count). The number of hydrogen-bond acceptors (Lipinski definition) is 5. The van der Waals surface area contributed by atoms with Gasteiger partial charge in [0.1, 0.15) is 11.8 Å². The molecular formula is C23H25F6N5O3. The molecule has 1 N–H and O–H groups in total. The van der Waals surface area contributed by atoms with E-state index in [0.29, 0.717) is 34.0 Å². The zero-order chi connectivity index (χ0) is 27.4. The summed E-state index contributed by atoms with van der Waals surface area (Å²) in [5.74, 6) is 0.872. The first-order valence-electron chi connectivity index (χ1n) is 11.1. The van der Waals surface area contributed by atoms with Crippen LogP contribution in [-0.4, -0.2) is 64.5 Å². The third-order valence-corrected chi connectivity index (χ3v) is 5.56. The highest BCUT2D eigenvalue weighted by Crippen LogP contribution is 2.34. The maximum Gasteiger partial charge on any atom is 0.408 e. The maximum atomic E-state index is 13.3. The van der Waals surface area contributed by atoms with Crippen molar-refractivity contribution < 1.29 is 40.6 Å². The summed E-state index contributed by atoms with van der Waals surface area (Å²) in [4.78, 5) is 22.1. The minimum absolute atomic E-state index is 0.0203. The molecule has 0 bridgehead atoms. The number of methoxy groups -OCH3 is 2. The average Bonchev–Trinajstić information content (AvgIpc) is 3.31. The van der Waals surface area contributed by atoms with Crippen molar-refractivity contribution in [1.29, 1.82) is 0 Å². The van der Waals surface area contributed by atoms with Gasteiger partial charge in [-0.1, -0.05) is 0 Å². The number of halogens is 6. The molecule has 0 fully saturated rings. The number of carbonyl (C=O) groups is 1. The number of imidazole rings is 1. The number of hydrogen-bond donors (Lipinski definition) is 1. The standard InChI is InChI=1S/C23H25F6N5O3/c1-4-33(21(35)32-19(23(27,28)29)5-6-22(24,25)26)13-15-10-16(18(37-3)11-31-15)14-9-17(36-2)20-30-7-8-34(20)12-14/h7-12,19H,4-6,13H2,1-3H3,(H,32,35). The van der Waals surface area contributed by atoms with Crippen LogP contribution in [0.2, 0.25) is 0 Å². The number of nitrogens with one attached hydrogen (secondary N) is 1. The molecule has 8 nitrogen and oxygen atoms in total. The van der Waals surface area contributed by atoms with Crippen LogP contribution in [0.4, 0.5) is 31.1 Å². The highest BCUT2D eigenvalue weighted by atomic mass is 19.4. The molecule has 202 valence electrons. The Morgan fingerprint density at radius 3 is 2.41 bits per heavy atom. The number of aromatic nitrogens is 3. The number of ether oxygens (including phenoxy) is 2. The number of carbonyl (C=O) groups excluding carboxylic acids is 1. The second-order valence-electron chi connectivity index (χ2n) is 8.04. The van der Waals surface area contributed by atoms with Crippen LogP contribution in [0.1, 0.15) is 25.5 Å². The van der Waals surface area contributed by atoms with Crippen LogP contribution >= 0.6 is 0 Å². The van der Waals surface area contributed by atoms with Crippen LogP contribution in [0.25, 0.3) is 16.8 Å². The number of rotatable bonds is 9. The van der Waals surface area contributed by atoms with E-state index in [4.69, 9.17) is 9.47 Å². The Labute approximate surface area is 208 Å². The van der Waals surface area contributed by atoms with Crippen molar-refractivity contribution in [3.05, 3.63) is 42.6 Å². The summed E-state index contributed by atoms with van der Waals surface area (Å²) < 4.78 is 89.8. The van der Waals surface area contributed by atoms with Gasteiger partial charge in [0, 0.05) is 42.7 Å². The van der Waals surface area contributed by atoms with Gasteiger partial charge in [-0.05, 0) is 25.5 Å². The van der Waals surface area contributed by atoms with Gasteiger partial charge in [-0.3, -0.25) is 4.98 Å².